The fraction of sp³-hybridized carbons (Fsp3) is 0.889. The van der Waals surface area contributed by atoms with Gasteiger partial charge < -0.3 is 44.4 Å². The highest BCUT2D eigenvalue weighted by Gasteiger charge is 2.04. The summed E-state index contributed by atoms with van der Waals surface area (Å²) in [4.78, 5) is 46.2. The van der Waals surface area contributed by atoms with Crippen LogP contribution in [0.15, 0.2) is 0 Å². The smallest absolute Gasteiger partial charge is 0.246 e. The van der Waals surface area contributed by atoms with Gasteiger partial charge in [0.05, 0.1) is 59.5 Å². The van der Waals surface area contributed by atoms with E-state index < -0.39 is 0 Å². The van der Waals surface area contributed by atoms with E-state index in [2.05, 4.69) is 22.9 Å². The van der Waals surface area contributed by atoms with Gasteiger partial charge in [-0.15, -0.1) is 0 Å². The zero-order valence-corrected chi connectivity index (χ0v) is 30.8. The molecule has 3 N–H and O–H groups in total. The van der Waals surface area contributed by atoms with E-state index in [0.717, 1.165) is 12.8 Å². The fourth-order valence-electron chi connectivity index (χ4n) is 4.66. The van der Waals surface area contributed by atoms with E-state index in [1.807, 2.05) is 0 Å². The molecule has 3 amide bonds. The molecule has 0 saturated carbocycles. The summed E-state index contributed by atoms with van der Waals surface area (Å²) in [5.41, 5.74) is 0. The first-order valence-corrected chi connectivity index (χ1v) is 18.7. The van der Waals surface area contributed by atoms with Gasteiger partial charge in [-0.2, -0.15) is 0 Å². The number of rotatable bonds is 39. The first-order valence-electron chi connectivity index (χ1n) is 18.7. The second-order valence-electron chi connectivity index (χ2n) is 12.1. The van der Waals surface area contributed by atoms with Crippen LogP contribution in [0.5, 0.6) is 0 Å². The van der Waals surface area contributed by atoms with Gasteiger partial charge in [0.2, 0.25) is 17.7 Å². The van der Waals surface area contributed by atoms with Crippen molar-refractivity contribution in [2.75, 3.05) is 98.9 Å². The van der Waals surface area contributed by atoms with Crippen molar-refractivity contribution in [1.29, 1.82) is 0 Å². The minimum atomic E-state index is -0.258. The molecule has 0 saturated heterocycles. The Kier molecular flexibility index (Phi) is 36.9. The molecule has 13 nitrogen and oxygen atoms in total. The van der Waals surface area contributed by atoms with Crippen molar-refractivity contribution in [3.63, 3.8) is 0 Å². The van der Waals surface area contributed by atoms with Gasteiger partial charge in [-0.25, -0.2) is 0 Å². The van der Waals surface area contributed by atoms with Crippen LogP contribution in [0.25, 0.3) is 0 Å². The number of unbranched alkanes of at least 4 members (excludes halogenated alkanes) is 13. The third kappa shape index (κ3) is 40.2. The van der Waals surface area contributed by atoms with Crippen molar-refractivity contribution in [2.24, 2.45) is 0 Å². The van der Waals surface area contributed by atoms with Gasteiger partial charge in [0.1, 0.15) is 19.8 Å². The maximum absolute atomic E-state index is 12.0. The van der Waals surface area contributed by atoms with Gasteiger partial charge >= 0.3 is 0 Å². The normalized spacial score (nSPS) is 11.1. The molecule has 0 aromatic heterocycles. The predicted octanol–water partition coefficient (Wildman–Crippen LogP) is 3.90. The third-order valence-corrected chi connectivity index (χ3v) is 7.35. The lowest BCUT2D eigenvalue weighted by Crippen LogP contribution is -2.32. The Morgan fingerprint density at radius 3 is 1.10 bits per heavy atom. The molecule has 0 heterocycles. The number of carbonyl (C=O) groups excluding carboxylic acids is 4. The van der Waals surface area contributed by atoms with Gasteiger partial charge in [0, 0.05) is 26.1 Å². The van der Waals surface area contributed by atoms with Crippen LogP contribution < -0.4 is 16.0 Å². The van der Waals surface area contributed by atoms with Gasteiger partial charge in [-0.05, 0) is 13.3 Å². The minimum Gasteiger partial charge on any atom is -0.377 e. The number of amides is 3. The monoisotopic (exact) mass is 703 g/mol. The average molecular weight is 704 g/mol. The maximum atomic E-state index is 12.0. The molecule has 0 bridgehead atoms. The number of Topliss-reactive ketones (excluding diaryl/α,β-unsaturated/α-hetero) is 1. The molecule has 0 aliphatic rings. The number of ether oxygens (including phenoxy) is 6. The highest BCUT2D eigenvalue weighted by molar-refractivity contribution is 5.77. The zero-order chi connectivity index (χ0) is 35.9. The molecule has 0 aliphatic carbocycles. The van der Waals surface area contributed by atoms with Crippen LogP contribution in [0.2, 0.25) is 0 Å². The highest BCUT2D eigenvalue weighted by Crippen LogP contribution is 2.13. The molecule has 0 aromatic rings. The molecule has 288 valence electrons. The summed E-state index contributed by atoms with van der Waals surface area (Å²) in [5, 5.41) is 8.25. The molecule has 13 heteroatoms. The quantitative estimate of drug-likeness (QED) is 0.0802. The molecule has 49 heavy (non-hydrogen) atoms. The lowest BCUT2D eigenvalue weighted by Gasteiger charge is -2.09. The lowest BCUT2D eigenvalue weighted by atomic mass is 10.0. The first kappa shape index (κ1) is 46.8. The van der Waals surface area contributed by atoms with E-state index in [4.69, 9.17) is 28.4 Å². The van der Waals surface area contributed by atoms with Crippen LogP contribution in [0.3, 0.4) is 0 Å². The van der Waals surface area contributed by atoms with Crippen LogP contribution in [-0.4, -0.2) is 122 Å². The van der Waals surface area contributed by atoms with Crippen LogP contribution in [0.1, 0.15) is 110 Å². The van der Waals surface area contributed by atoms with Crippen LogP contribution in [0.4, 0.5) is 0 Å². The standard InChI is InChI=1S/C36H69N3O10/c1-3-4-5-6-7-8-9-10-11-12-13-14-15-16-17-34(41)37-18-21-44-25-28-48-31-36(43)39-20-23-46-26-29-49-32-35(42)38-19-22-45-24-27-47-30-33(2)40/h3-32H2,1-2H3,(H,37,41)(H,38,42)(H,39,43). The second-order valence-corrected chi connectivity index (χ2v) is 12.1. The Bertz CT molecular complexity index is 788. The van der Waals surface area contributed by atoms with Crippen molar-refractivity contribution in [2.45, 2.75) is 110 Å². The largest absolute Gasteiger partial charge is 0.377 e. The Hall–Kier alpha value is -2.16. The topological polar surface area (TPSA) is 160 Å². The molecule has 0 aliphatic heterocycles. The Morgan fingerprint density at radius 1 is 0.388 bits per heavy atom. The molecule has 0 rings (SSSR count). The van der Waals surface area contributed by atoms with Crippen LogP contribution >= 0.6 is 0 Å². The Morgan fingerprint density at radius 2 is 0.714 bits per heavy atom. The lowest BCUT2D eigenvalue weighted by molar-refractivity contribution is -0.127. The van der Waals surface area contributed by atoms with Crippen molar-refractivity contribution >= 4 is 23.5 Å². The van der Waals surface area contributed by atoms with E-state index in [1.54, 1.807) is 0 Å². The number of hydrogen-bond donors (Lipinski definition) is 3. The third-order valence-electron chi connectivity index (χ3n) is 7.35. The van der Waals surface area contributed by atoms with E-state index in [-0.39, 0.29) is 56.5 Å². The van der Waals surface area contributed by atoms with E-state index in [0.29, 0.717) is 72.3 Å². The summed E-state index contributed by atoms with van der Waals surface area (Å²) in [6.45, 7) is 7.67. The summed E-state index contributed by atoms with van der Waals surface area (Å²) in [6.07, 6.45) is 18.8. The van der Waals surface area contributed by atoms with Crippen molar-refractivity contribution in [1.82, 2.24) is 16.0 Å². The molecule has 0 unspecified atom stereocenters. The van der Waals surface area contributed by atoms with Gasteiger partial charge in [-0.1, -0.05) is 90.4 Å². The zero-order valence-electron chi connectivity index (χ0n) is 30.8. The van der Waals surface area contributed by atoms with E-state index in [9.17, 15) is 19.2 Å². The average Bonchev–Trinajstić information content (AvgIpc) is 3.08. The molecular weight excluding hydrogens is 634 g/mol. The maximum Gasteiger partial charge on any atom is 0.246 e. The van der Waals surface area contributed by atoms with Gasteiger partial charge in [0.15, 0.2) is 5.78 Å². The summed E-state index contributed by atoms with van der Waals surface area (Å²) < 4.78 is 31.7. The first-order chi connectivity index (χ1) is 24.0. The van der Waals surface area contributed by atoms with Gasteiger partial charge in [0.25, 0.3) is 0 Å². The Labute approximate surface area is 295 Å². The number of carbonyl (C=O) groups is 4. The van der Waals surface area contributed by atoms with E-state index >= 15 is 0 Å². The SMILES string of the molecule is CCCCCCCCCCCCCCCCC(=O)NCCOCCOCC(=O)NCCOCCOCC(=O)NCCOCCOCC(C)=O. The highest BCUT2D eigenvalue weighted by atomic mass is 16.5. The number of nitrogens with one attached hydrogen (secondary N) is 3. The molecule has 0 atom stereocenters. The van der Waals surface area contributed by atoms with Crippen LogP contribution in [0, 0.1) is 0 Å². The summed E-state index contributed by atoms with van der Waals surface area (Å²) >= 11 is 0. The van der Waals surface area contributed by atoms with E-state index in [1.165, 1.54) is 84.0 Å². The predicted molar refractivity (Wildman–Crippen MR) is 190 cm³/mol. The second kappa shape index (κ2) is 38.6. The molecular formula is C36H69N3O10. The molecule has 0 radical (unpaired) electrons. The van der Waals surface area contributed by atoms with Crippen molar-refractivity contribution in [3.8, 4) is 0 Å². The summed E-state index contributed by atoms with van der Waals surface area (Å²) in [5.74, 6) is -0.477. The van der Waals surface area contributed by atoms with Crippen LogP contribution in [-0.2, 0) is 47.6 Å². The number of hydrogen-bond acceptors (Lipinski definition) is 10. The number of ketones is 1. The summed E-state index contributed by atoms with van der Waals surface area (Å²) in [6, 6.07) is 0. The Balaban J connectivity index is 3.31. The van der Waals surface area contributed by atoms with Gasteiger partial charge in [-0.3, -0.25) is 19.2 Å². The molecule has 0 fully saturated rings. The fourth-order valence-corrected chi connectivity index (χ4v) is 4.66. The minimum absolute atomic E-state index is 0.0380. The van der Waals surface area contributed by atoms with Crippen molar-refractivity contribution < 1.29 is 47.6 Å². The molecule has 0 aromatic carbocycles. The molecule has 0 spiro atoms. The van der Waals surface area contributed by atoms with Crippen molar-refractivity contribution in [3.05, 3.63) is 0 Å². The summed E-state index contributed by atoms with van der Waals surface area (Å²) in [7, 11) is 0.